The van der Waals surface area contributed by atoms with Crippen molar-refractivity contribution in [3.63, 3.8) is 0 Å². The molecule has 0 aliphatic carbocycles. The molecule has 1 aromatic carbocycles. The highest BCUT2D eigenvalue weighted by atomic mass is 16.5. The third-order valence-corrected chi connectivity index (χ3v) is 3.79. The van der Waals surface area contributed by atoms with Crippen molar-refractivity contribution in [2.24, 2.45) is 0 Å². The Kier molecular flexibility index (Phi) is 4.14. The predicted octanol–water partition coefficient (Wildman–Crippen LogP) is 1.83. The number of pyridine rings is 1. The first-order chi connectivity index (χ1) is 9.83. The molecule has 0 radical (unpaired) electrons. The van der Waals surface area contributed by atoms with Gasteiger partial charge in [-0.25, -0.2) is 4.98 Å². The summed E-state index contributed by atoms with van der Waals surface area (Å²) < 4.78 is 5.78. The molecule has 0 saturated carbocycles. The molecule has 0 amide bonds. The molecule has 4 heteroatoms. The van der Waals surface area contributed by atoms with E-state index in [4.69, 9.17) is 4.74 Å². The summed E-state index contributed by atoms with van der Waals surface area (Å²) in [4.78, 5) is 6.98. The third kappa shape index (κ3) is 3.08. The van der Waals surface area contributed by atoms with Crippen LogP contribution in [0, 0.1) is 6.92 Å². The summed E-state index contributed by atoms with van der Waals surface area (Å²) in [6, 6.07) is 10.2. The van der Waals surface area contributed by atoms with Crippen molar-refractivity contribution in [3.05, 3.63) is 35.9 Å². The minimum Gasteiger partial charge on any atom is -0.476 e. The number of piperazine rings is 1. The van der Waals surface area contributed by atoms with E-state index in [-0.39, 0.29) is 0 Å². The van der Waals surface area contributed by atoms with Gasteiger partial charge in [0.15, 0.2) is 0 Å². The third-order valence-electron chi connectivity index (χ3n) is 3.79. The first-order valence-electron chi connectivity index (χ1n) is 7.25. The van der Waals surface area contributed by atoms with Crippen molar-refractivity contribution in [3.8, 4) is 5.88 Å². The average molecular weight is 271 g/mol. The van der Waals surface area contributed by atoms with E-state index in [1.54, 1.807) is 0 Å². The summed E-state index contributed by atoms with van der Waals surface area (Å²) in [6.07, 6.45) is 0. The van der Waals surface area contributed by atoms with Gasteiger partial charge in [-0.1, -0.05) is 12.1 Å². The molecule has 20 heavy (non-hydrogen) atoms. The molecule has 2 aromatic rings. The minimum atomic E-state index is 0.699. The molecule has 0 bridgehead atoms. The molecule has 1 aliphatic rings. The van der Waals surface area contributed by atoms with Crippen LogP contribution in [-0.4, -0.2) is 49.2 Å². The second-order valence-corrected chi connectivity index (χ2v) is 5.23. The molecule has 3 rings (SSSR count). The van der Waals surface area contributed by atoms with Crippen LogP contribution in [0.1, 0.15) is 5.56 Å². The van der Waals surface area contributed by atoms with E-state index in [2.05, 4.69) is 34.3 Å². The van der Waals surface area contributed by atoms with Gasteiger partial charge in [-0.05, 0) is 24.6 Å². The van der Waals surface area contributed by atoms with Crippen molar-refractivity contribution in [1.82, 2.24) is 15.2 Å². The smallest absolute Gasteiger partial charge is 0.213 e. The SMILES string of the molecule is Cc1cccc2nc(OCCN3CCNCC3)ccc12. The number of hydrogen-bond acceptors (Lipinski definition) is 4. The van der Waals surface area contributed by atoms with Crippen molar-refractivity contribution in [2.75, 3.05) is 39.3 Å². The molecule has 1 fully saturated rings. The van der Waals surface area contributed by atoms with Gasteiger partial charge in [0.2, 0.25) is 5.88 Å². The lowest BCUT2D eigenvalue weighted by molar-refractivity contribution is 0.188. The van der Waals surface area contributed by atoms with Crippen LogP contribution < -0.4 is 10.1 Å². The Labute approximate surface area is 119 Å². The molecular weight excluding hydrogens is 250 g/mol. The van der Waals surface area contributed by atoms with Gasteiger partial charge in [0, 0.05) is 44.2 Å². The fraction of sp³-hybridized carbons (Fsp3) is 0.438. The summed E-state index contributed by atoms with van der Waals surface area (Å²) in [6.45, 7) is 8.14. The highest BCUT2D eigenvalue weighted by Gasteiger charge is 2.09. The average Bonchev–Trinajstić information content (AvgIpc) is 2.48. The summed E-state index contributed by atoms with van der Waals surface area (Å²) in [7, 11) is 0. The van der Waals surface area contributed by atoms with Crippen molar-refractivity contribution >= 4 is 10.9 Å². The zero-order valence-corrected chi connectivity index (χ0v) is 11.9. The van der Waals surface area contributed by atoms with Crippen molar-refractivity contribution < 1.29 is 4.74 Å². The van der Waals surface area contributed by atoms with Crippen LogP contribution in [0.25, 0.3) is 10.9 Å². The Morgan fingerprint density at radius 1 is 1.20 bits per heavy atom. The van der Waals surface area contributed by atoms with E-state index in [1.807, 2.05) is 18.2 Å². The van der Waals surface area contributed by atoms with Crippen LogP contribution in [0.2, 0.25) is 0 Å². The Morgan fingerprint density at radius 3 is 2.90 bits per heavy atom. The Morgan fingerprint density at radius 2 is 2.05 bits per heavy atom. The number of benzene rings is 1. The molecule has 1 N–H and O–H groups in total. The van der Waals surface area contributed by atoms with Crippen molar-refractivity contribution in [1.29, 1.82) is 0 Å². The lowest BCUT2D eigenvalue weighted by Gasteiger charge is -2.26. The Hall–Kier alpha value is -1.65. The van der Waals surface area contributed by atoms with E-state index in [9.17, 15) is 0 Å². The van der Waals surface area contributed by atoms with Crippen LogP contribution in [0.4, 0.5) is 0 Å². The molecule has 106 valence electrons. The Balaban J connectivity index is 1.60. The summed E-state index contributed by atoms with van der Waals surface area (Å²) in [5.41, 5.74) is 2.26. The van der Waals surface area contributed by atoms with Gasteiger partial charge in [0.1, 0.15) is 6.61 Å². The van der Waals surface area contributed by atoms with Gasteiger partial charge in [-0.15, -0.1) is 0 Å². The molecular formula is C16H21N3O. The first-order valence-corrected chi connectivity index (χ1v) is 7.25. The lowest BCUT2D eigenvalue weighted by Crippen LogP contribution is -2.44. The van der Waals surface area contributed by atoms with Gasteiger partial charge in [-0.3, -0.25) is 4.90 Å². The van der Waals surface area contributed by atoms with Crippen LogP contribution in [0.5, 0.6) is 5.88 Å². The normalized spacial score (nSPS) is 16.4. The molecule has 0 unspecified atom stereocenters. The topological polar surface area (TPSA) is 37.4 Å². The number of nitrogens with zero attached hydrogens (tertiary/aromatic N) is 2. The van der Waals surface area contributed by atoms with Gasteiger partial charge >= 0.3 is 0 Å². The summed E-state index contributed by atoms with van der Waals surface area (Å²) >= 11 is 0. The molecule has 1 saturated heterocycles. The number of aromatic nitrogens is 1. The molecule has 4 nitrogen and oxygen atoms in total. The van der Waals surface area contributed by atoms with E-state index < -0.39 is 0 Å². The molecule has 1 aromatic heterocycles. The van der Waals surface area contributed by atoms with Crippen LogP contribution in [-0.2, 0) is 0 Å². The van der Waals surface area contributed by atoms with Crippen LogP contribution in [0.3, 0.4) is 0 Å². The minimum absolute atomic E-state index is 0.699. The molecule has 0 spiro atoms. The highest BCUT2D eigenvalue weighted by molar-refractivity contribution is 5.82. The fourth-order valence-electron chi connectivity index (χ4n) is 2.58. The predicted molar refractivity (Wildman–Crippen MR) is 81.3 cm³/mol. The van der Waals surface area contributed by atoms with E-state index in [1.165, 1.54) is 10.9 Å². The number of rotatable bonds is 4. The fourth-order valence-corrected chi connectivity index (χ4v) is 2.58. The maximum Gasteiger partial charge on any atom is 0.213 e. The molecule has 2 heterocycles. The number of ether oxygens (including phenoxy) is 1. The van der Waals surface area contributed by atoms with E-state index in [0.717, 1.165) is 44.1 Å². The lowest BCUT2D eigenvalue weighted by atomic mass is 10.1. The molecule has 0 atom stereocenters. The number of nitrogens with one attached hydrogen (secondary N) is 1. The van der Waals surface area contributed by atoms with Gasteiger partial charge in [0.05, 0.1) is 5.52 Å². The standard InChI is InChI=1S/C16H21N3O/c1-13-3-2-4-15-14(13)5-6-16(18-15)20-12-11-19-9-7-17-8-10-19/h2-6,17H,7-12H2,1H3. The number of fused-ring (bicyclic) bond motifs is 1. The molecule has 1 aliphatic heterocycles. The second-order valence-electron chi connectivity index (χ2n) is 5.23. The monoisotopic (exact) mass is 271 g/mol. The van der Waals surface area contributed by atoms with Gasteiger partial charge in [-0.2, -0.15) is 0 Å². The second kappa shape index (κ2) is 6.20. The first kappa shape index (κ1) is 13.3. The van der Waals surface area contributed by atoms with E-state index >= 15 is 0 Å². The number of hydrogen-bond donors (Lipinski definition) is 1. The van der Waals surface area contributed by atoms with Gasteiger partial charge in [0.25, 0.3) is 0 Å². The highest BCUT2D eigenvalue weighted by Crippen LogP contribution is 2.19. The Bertz CT molecular complexity index is 579. The van der Waals surface area contributed by atoms with Crippen molar-refractivity contribution in [2.45, 2.75) is 6.92 Å². The number of aryl methyl sites for hydroxylation is 1. The quantitative estimate of drug-likeness (QED) is 0.920. The summed E-state index contributed by atoms with van der Waals surface area (Å²) in [5.74, 6) is 0.721. The van der Waals surface area contributed by atoms with E-state index in [0.29, 0.717) is 6.61 Å². The summed E-state index contributed by atoms with van der Waals surface area (Å²) in [5, 5.41) is 4.55. The zero-order chi connectivity index (χ0) is 13.8. The largest absolute Gasteiger partial charge is 0.476 e. The maximum atomic E-state index is 5.78. The zero-order valence-electron chi connectivity index (χ0n) is 11.9. The maximum absolute atomic E-state index is 5.78. The van der Waals surface area contributed by atoms with Gasteiger partial charge < -0.3 is 10.1 Å². The van der Waals surface area contributed by atoms with Crippen LogP contribution >= 0.6 is 0 Å². The van der Waals surface area contributed by atoms with Crippen LogP contribution in [0.15, 0.2) is 30.3 Å².